The maximum absolute atomic E-state index is 11.5. The number of fused-ring (bicyclic) bond motifs is 3. The maximum Gasteiger partial charge on any atom is 0.472 e. The Hall–Kier alpha value is -0.0100. The van der Waals surface area contributed by atoms with Crippen molar-refractivity contribution in [1.82, 2.24) is 0 Å². The molecule has 7 nitrogen and oxygen atoms in total. The van der Waals surface area contributed by atoms with Crippen LogP contribution < -0.4 is 0 Å². The summed E-state index contributed by atoms with van der Waals surface area (Å²) in [5.74, 6) is 0. The zero-order valence-corrected chi connectivity index (χ0v) is 11.6. The van der Waals surface area contributed by atoms with Crippen LogP contribution in [0.2, 0.25) is 0 Å². The number of ether oxygens (including phenoxy) is 3. The second kappa shape index (κ2) is 5.17. The minimum Gasteiger partial charge on any atom is -0.381 e. The lowest BCUT2D eigenvalue weighted by Crippen LogP contribution is -2.66. The van der Waals surface area contributed by atoms with Crippen LogP contribution in [0, 0.1) is 0 Å². The minimum atomic E-state index is -4.05. The van der Waals surface area contributed by atoms with E-state index in [-0.39, 0.29) is 25.4 Å². The van der Waals surface area contributed by atoms with E-state index in [0.717, 1.165) is 7.11 Å². The minimum absolute atomic E-state index is 0.0885. The lowest BCUT2D eigenvalue weighted by Gasteiger charge is -2.53. The van der Waals surface area contributed by atoms with Gasteiger partial charge in [-0.25, -0.2) is 4.57 Å². The summed E-state index contributed by atoms with van der Waals surface area (Å²) in [5.41, 5.74) is -0.847. The fourth-order valence-corrected chi connectivity index (χ4v) is 3.16. The molecule has 0 spiro atoms. The molecule has 0 aromatic heterocycles. The molecule has 3 aliphatic rings. The first-order valence-electron chi connectivity index (χ1n) is 5.78. The SMILES string of the molecule is COC[C@]12COC(C[C@H]1OP(=O)(O)OC)C(C)O2. The summed E-state index contributed by atoms with van der Waals surface area (Å²) >= 11 is 0. The zero-order chi connectivity index (χ0) is 13.4. The highest BCUT2D eigenvalue weighted by atomic mass is 31.2. The van der Waals surface area contributed by atoms with Crippen molar-refractivity contribution in [3.63, 3.8) is 0 Å². The van der Waals surface area contributed by atoms with Crippen molar-refractivity contribution >= 4 is 7.82 Å². The van der Waals surface area contributed by atoms with Crippen molar-refractivity contribution in [2.24, 2.45) is 0 Å². The van der Waals surface area contributed by atoms with Gasteiger partial charge in [-0.2, -0.15) is 0 Å². The molecule has 5 atom stereocenters. The van der Waals surface area contributed by atoms with Gasteiger partial charge in [0.05, 0.1) is 25.4 Å². The Morgan fingerprint density at radius 1 is 1.50 bits per heavy atom. The average molecular weight is 282 g/mol. The number of hydrogen-bond acceptors (Lipinski definition) is 6. The molecule has 0 aliphatic carbocycles. The standard InChI is InChI=1S/C10H19O7P/c1-7-8-4-9(17-18(11,12)14-3)10(16-7,5-13-2)6-15-8/h7-9H,4-6H2,1-3H3,(H,11,12)/t7?,8?,9-,10+/m1/s1. The molecule has 3 saturated heterocycles. The summed E-state index contributed by atoms with van der Waals surface area (Å²) < 4.78 is 37.8. The van der Waals surface area contributed by atoms with Gasteiger partial charge in [-0.05, 0) is 6.92 Å². The van der Waals surface area contributed by atoms with Gasteiger partial charge in [-0.3, -0.25) is 9.05 Å². The van der Waals surface area contributed by atoms with Crippen molar-refractivity contribution in [2.45, 2.75) is 37.3 Å². The summed E-state index contributed by atoms with van der Waals surface area (Å²) in [7, 11) is -1.38. The molecule has 106 valence electrons. The van der Waals surface area contributed by atoms with E-state index in [2.05, 4.69) is 4.52 Å². The number of phosphoric acid groups is 1. The molecule has 0 aromatic carbocycles. The van der Waals surface area contributed by atoms with Crippen LogP contribution in [0.5, 0.6) is 0 Å². The van der Waals surface area contributed by atoms with Gasteiger partial charge in [0.2, 0.25) is 0 Å². The van der Waals surface area contributed by atoms with E-state index < -0.39 is 19.5 Å². The first kappa shape index (κ1) is 14.4. The van der Waals surface area contributed by atoms with Crippen LogP contribution in [0.1, 0.15) is 13.3 Å². The molecular weight excluding hydrogens is 263 g/mol. The van der Waals surface area contributed by atoms with Crippen LogP contribution in [-0.4, -0.2) is 56.2 Å². The van der Waals surface area contributed by atoms with Gasteiger partial charge in [-0.1, -0.05) is 0 Å². The topological polar surface area (TPSA) is 83.5 Å². The number of phosphoric ester groups is 1. The van der Waals surface area contributed by atoms with Crippen molar-refractivity contribution < 1.29 is 32.7 Å². The first-order valence-corrected chi connectivity index (χ1v) is 7.27. The van der Waals surface area contributed by atoms with E-state index in [4.69, 9.17) is 18.7 Å². The number of hydrogen-bond donors (Lipinski definition) is 1. The summed E-state index contributed by atoms with van der Waals surface area (Å²) in [6, 6.07) is 0. The van der Waals surface area contributed by atoms with Gasteiger partial charge in [0.1, 0.15) is 11.7 Å². The molecule has 2 bridgehead atoms. The van der Waals surface area contributed by atoms with Crippen LogP contribution >= 0.6 is 7.82 Å². The third-order valence-corrected chi connectivity index (χ3v) is 4.38. The van der Waals surface area contributed by atoms with E-state index in [9.17, 15) is 9.46 Å². The Balaban J connectivity index is 2.16. The van der Waals surface area contributed by atoms with Gasteiger partial charge in [0.15, 0.2) is 0 Å². The normalized spacial score (nSPS) is 42.8. The molecule has 0 radical (unpaired) electrons. The van der Waals surface area contributed by atoms with Gasteiger partial charge in [0.25, 0.3) is 0 Å². The molecule has 0 aromatic rings. The highest BCUT2D eigenvalue weighted by molar-refractivity contribution is 7.47. The molecule has 3 unspecified atom stereocenters. The lowest BCUT2D eigenvalue weighted by molar-refractivity contribution is -0.310. The van der Waals surface area contributed by atoms with Crippen molar-refractivity contribution in [3.05, 3.63) is 0 Å². The largest absolute Gasteiger partial charge is 0.472 e. The zero-order valence-electron chi connectivity index (χ0n) is 10.7. The van der Waals surface area contributed by atoms with Crippen molar-refractivity contribution in [1.29, 1.82) is 0 Å². The molecule has 0 saturated carbocycles. The number of rotatable bonds is 5. The van der Waals surface area contributed by atoms with Gasteiger partial charge in [-0.15, -0.1) is 0 Å². The van der Waals surface area contributed by atoms with Crippen molar-refractivity contribution in [2.75, 3.05) is 27.4 Å². The second-order valence-corrected chi connectivity index (χ2v) is 6.16. The quantitative estimate of drug-likeness (QED) is 0.743. The fourth-order valence-electron chi connectivity index (χ4n) is 2.47. The maximum atomic E-state index is 11.5. The van der Waals surface area contributed by atoms with E-state index in [1.54, 1.807) is 0 Å². The van der Waals surface area contributed by atoms with E-state index in [0.29, 0.717) is 6.42 Å². The van der Waals surface area contributed by atoms with Crippen LogP contribution in [-0.2, 0) is 27.8 Å². The Kier molecular flexibility index (Phi) is 4.14. The van der Waals surface area contributed by atoms with Crippen LogP contribution in [0.3, 0.4) is 0 Å². The Morgan fingerprint density at radius 2 is 2.22 bits per heavy atom. The van der Waals surface area contributed by atoms with Gasteiger partial charge in [0, 0.05) is 20.6 Å². The van der Waals surface area contributed by atoms with Crippen molar-refractivity contribution in [3.8, 4) is 0 Å². The lowest BCUT2D eigenvalue weighted by atomic mass is 9.85. The second-order valence-electron chi connectivity index (χ2n) is 4.65. The summed E-state index contributed by atoms with van der Waals surface area (Å²) in [6.45, 7) is 2.42. The molecule has 18 heavy (non-hydrogen) atoms. The highest BCUT2D eigenvalue weighted by Gasteiger charge is 2.56. The van der Waals surface area contributed by atoms with Crippen LogP contribution in [0.25, 0.3) is 0 Å². The predicted molar refractivity (Wildman–Crippen MR) is 61.2 cm³/mol. The molecule has 3 aliphatic heterocycles. The van der Waals surface area contributed by atoms with Crippen LogP contribution in [0.4, 0.5) is 0 Å². The average Bonchev–Trinajstić information content (AvgIpc) is 2.31. The molecule has 3 rings (SSSR count). The molecule has 8 heteroatoms. The van der Waals surface area contributed by atoms with Gasteiger partial charge < -0.3 is 19.1 Å². The molecule has 3 heterocycles. The summed E-state index contributed by atoms with van der Waals surface area (Å²) in [6.07, 6.45) is -0.318. The molecule has 3 fully saturated rings. The molecule has 1 N–H and O–H groups in total. The summed E-state index contributed by atoms with van der Waals surface area (Å²) in [4.78, 5) is 9.43. The smallest absolute Gasteiger partial charge is 0.381 e. The summed E-state index contributed by atoms with van der Waals surface area (Å²) in [5, 5.41) is 0. The monoisotopic (exact) mass is 282 g/mol. The number of methoxy groups -OCH3 is 1. The molecular formula is C10H19O7P. The Bertz CT molecular complexity index is 345. The highest BCUT2D eigenvalue weighted by Crippen LogP contribution is 2.50. The fraction of sp³-hybridized carbons (Fsp3) is 1.00. The Morgan fingerprint density at radius 3 is 2.78 bits per heavy atom. The first-order chi connectivity index (χ1) is 8.42. The van der Waals surface area contributed by atoms with E-state index in [1.807, 2.05) is 6.92 Å². The van der Waals surface area contributed by atoms with Crippen LogP contribution in [0.15, 0.2) is 0 Å². The van der Waals surface area contributed by atoms with Gasteiger partial charge >= 0.3 is 7.82 Å². The Labute approximate surface area is 106 Å². The van der Waals surface area contributed by atoms with E-state index in [1.165, 1.54) is 7.11 Å². The third-order valence-electron chi connectivity index (χ3n) is 3.40. The molecule has 0 amide bonds. The third kappa shape index (κ3) is 2.63. The predicted octanol–water partition coefficient (Wildman–Crippen LogP) is 0.711. The van der Waals surface area contributed by atoms with E-state index >= 15 is 0 Å².